The fourth-order valence-corrected chi connectivity index (χ4v) is 6.93. The molecular formula is C15H21NO4S2. The van der Waals surface area contributed by atoms with Crippen LogP contribution in [0.4, 0.5) is 0 Å². The topological polar surface area (TPSA) is 74.7 Å². The minimum Gasteiger partial charge on any atom is -0.481 e. The van der Waals surface area contributed by atoms with E-state index in [0.717, 1.165) is 11.3 Å². The van der Waals surface area contributed by atoms with E-state index < -0.39 is 21.9 Å². The molecule has 0 amide bonds. The van der Waals surface area contributed by atoms with Crippen LogP contribution in [0.5, 0.6) is 0 Å². The fourth-order valence-electron chi connectivity index (χ4n) is 3.54. The lowest BCUT2D eigenvalue weighted by molar-refractivity contribution is -0.142. The number of thiophene rings is 1. The summed E-state index contributed by atoms with van der Waals surface area (Å²) in [7, 11) is -3.59. The van der Waals surface area contributed by atoms with Crippen molar-refractivity contribution in [1.29, 1.82) is 0 Å². The molecule has 122 valence electrons. The zero-order valence-corrected chi connectivity index (χ0v) is 14.6. The summed E-state index contributed by atoms with van der Waals surface area (Å²) >= 11 is 1.30. The lowest BCUT2D eigenvalue weighted by Gasteiger charge is -2.21. The Labute approximate surface area is 135 Å². The third kappa shape index (κ3) is 2.39. The zero-order valence-electron chi connectivity index (χ0n) is 12.9. The van der Waals surface area contributed by atoms with Gasteiger partial charge in [0, 0.05) is 17.0 Å². The fraction of sp³-hybridized carbons (Fsp3) is 0.667. The number of nitrogens with zero attached hydrogens (tertiary/aromatic N) is 1. The predicted octanol–water partition coefficient (Wildman–Crippen LogP) is 2.67. The van der Waals surface area contributed by atoms with Gasteiger partial charge in [0.05, 0.1) is 5.92 Å². The molecule has 1 aromatic rings. The van der Waals surface area contributed by atoms with Crippen LogP contribution in [0, 0.1) is 5.92 Å². The molecule has 3 unspecified atom stereocenters. The quantitative estimate of drug-likeness (QED) is 0.915. The van der Waals surface area contributed by atoms with Crippen molar-refractivity contribution in [3.05, 3.63) is 17.0 Å². The number of fused-ring (bicyclic) bond motifs is 2. The van der Waals surface area contributed by atoms with E-state index >= 15 is 0 Å². The molecule has 1 aromatic heterocycles. The van der Waals surface area contributed by atoms with Crippen LogP contribution in [0.1, 0.15) is 44.9 Å². The number of carboxylic acid groups (broad SMARTS) is 1. The molecule has 0 radical (unpaired) electrons. The maximum atomic E-state index is 12.9. The Morgan fingerprint density at radius 1 is 1.32 bits per heavy atom. The van der Waals surface area contributed by atoms with Gasteiger partial charge in [-0.3, -0.25) is 4.79 Å². The SMILES string of the molecule is CC(C)(C)c1ccc(S(=O)(=O)N2C3CCC2C(C(=O)O)C3)s1. The van der Waals surface area contributed by atoms with Crippen LogP contribution in [-0.2, 0) is 20.2 Å². The number of carbonyl (C=O) groups is 1. The highest BCUT2D eigenvalue weighted by atomic mass is 32.2. The average molecular weight is 343 g/mol. The van der Waals surface area contributed by atoms with Crippen molar-refractivity contribution in [2.45, 2.75) is 61.7 Å². The first-order chi connectivity index (χ1) is 10.1. The highest BCUT2D eigenvalue weighted by Gasteiger charge is 2.54. The molecule has 2 fully saturated rings. The predicted molar refractivity (Wildman–Crippen MR) is 84.6 cm³/mol. The van der Waals surface area contributed by atoms with Gasteiger partial charge in [0.25, 0.3) is 10.0 Å². The van der Waals surface area contributed by atoms with Crippen molar-refractivity contribution in [3.63, 3.8) is 0 Å². The Bertz CT molecular complexity index is 701. The molecule has 0 aliphatic carbocycles. The van der Waals surface area contributed by atoms with Gasteiger partial charge in [0.2, 0.25) is 0 Å². The third-order valence-corrected chi connectivity index (χ3v) is 8.60. The molecule has 7 heteroatoms. The van der Waals surface area contributed by atoms with Crippen LogP contribution in [0.25, 0.3) is 0 Å². The minimum absolute atomic E-state index is 0.0912. The number of sulfonamides is 1. The van der Waals surface area contributed by atoms with E-state index in [9.17, 15) is 18.3 Å². The molecule has 0 aromatic carbocycles. The number of hydrogen-bond acceptors (Lipinski definition) is 4. The molecular weight excluding hydrogens is 322 g/mol. The summed E-state index contributed by atoms with van der Waals surface area (Å²) in [5.41, 5.74) is -0.0912. The Morgan fingerprint density at radius 3 is 2.50 bits per heavy atom. The molecule has 3 atom stereocenters. The maximum absolute atomic E-state index is 12.9. The molecule has 2 aliphatic rings. The van der Waals surface area contributed by atoms with E-state index in [1.54, 1.807) is 6.07 Å². The monoisotopic (exact) mass is 343 g/mol. The van der Waals surface area contributed by atoms with E-state index in [1.807, 2.05) is 6.07 Å². The maximum Gasteiger partial charge on any atom is 0.308 e. The first-order valence-electron chi connectivity index (χ1n) is 7.49. The number of hydrogen-bond donors (Lipinski definition) is 1. The lowest BCUT2D eigenvalue weighted by Crippen LogP contribution is -2.37. The number of rotatable bonds is 3. The van der Waals surface area contributed by atoms with Crippen molar-refractivity contribution in [1.82, 2.24) is 4.31 Å². The van der Waals surface area contributed by atoms with Crippen molar-refractivity contribution < 1.29 is 18.3 Å². The molecule has 0 spiro atoms. The number of carboxylic acids is 1. The second-order valence-electron chi connectivity index (χ2n) is 7.18. The van der Waals surface area contributed by atoms with E-state index in [-0.39, 0.29) is 17.5 Å². The molecule has 3 rings (SSSR count). The van der Waals surface area contributed by atoms with Crippen LogP contribution >= 0.6 is 11.3 Å². The Hall–Kier alpha value is -0.920. The molecule has 1 N–H and O–H groups in total. The van der Waals surface area contributed by atoms with Gasteiger partial charge in [-0.25, -0.2) is 8.42 Å². The van der Waals surface area contributed by atoms with Gasteiger partial charge in [-0.1, -0.05) is 20.8 Å². The first kappa shape index (κ1) is 16.0. The molecule has 5 nitrogen and oxygen atoms in total. The number of aliphatic carboxylic acids is 1. The van der Waals surface area contributed by atoms with Crippen LogP contribution in [-0.4, -0.2) is 35.9 Å². The second kappa shape index (κ2) is 5.04. The van der Waals surface area contributed by atoms with Crippen LogP contribution in [0.15, 0.2) is 16.3 Å². The summed E-state index contributed by atoms with van der Waals surface area (Å²) in [6, 6.07) is 2.99. The van der Waals surface area contributed by atoms with E-state index in [2.05, 4.69) is 20.8 Å². The summed E-state index contributed by atoms with van der Waals surface area (Å²) in [5, 5.41) is 9.28. The highest BCUT2D eigenvalue weighted by molar-refractivity contribution is 7.91. The van der Waals surface area contributed by atoms with Gasteiger partial charge >= 0.3 is 5.97 Å². The van der Waals surface area contributed by atoms with E-state index in [0.29, 0.717) is 17.1 Å². The Balaban J connectivity index is 1.94. The smallest absolute Gasteiger partial charge is 0.308 e. The summed E-state index contributed by atoms with van der Waals surface area (Å²) in [6.45, 7) is 6.15. The molecule has 2 bridgehead atoms. The zero-order chi connectivity index (χ0) is 16.3. The molecule has 2 aliphatic heterocycles. The molecule has 3 heterocycles. The Kier molecular flexibility index (Phi) is 3.66. The largest absolute Gasteiger partial charge is 0.481 e. The molecule has 2 saturated heterocycles. The van der Waals surface area contributed by atoms with Gasteiger partial charge < -0.3 is 5.11 Å². The summed E-state index contributed by atoms with van der Waals surface area (Å²) < 4.78 is 27.7. The highest BCUT2D eigenvalue weighted by Crippen LogP contribution is 2.46. The van der Waals surface area contributed by atoms with Crippen molar-refractivity contribution in [2.24, 2.45) is 5.92 Å². The van der Waals surface area contributed by atoms with Crippen LogP contribution in [0.2, 0.25) is 0 Å². The molecule has 22 heavy (non-hydrogen) atoms. The summed E-state index contributed by atoms with van der Waals surface area (Å²) in [5.74, 6) is -1.44. The van der Waals surface area contributed by atoms with Gasteiger partial charge in [0.1, 0.15) is 4.21 Å². The third-order valence-electron chi connectivity index (χ3n) is 4.64. The standard InChI is InChI=1S/C15H21NO4S2/c1-15(2,3)12-6-7-13(21-12)22(19,20)16-9-4-5-11(16)10(8-9)14(17)18/h6-7,9-11H,4-5,8H2,1-3H3,(H,17,18). The van der Waals surface area contributed by atoms with Gasteiger partial charge in [-0.2, -0.15) is 4.31 Å². The lowest BCUT2D eigenvalue weighted by atomic mass is 9.89. The minimum atomic E-state index is -3.59. The average Bonchev–Trinajstić information content (AvgIpc) is 3.11. The second-order valence-corrected chi connectivity index (χ2v) is 10.3. The first-order valence-corrected chi connectivity index (χ1v) is 9.74. The summed E-state index contributed by atoms with van der Waals surface area (Å²) in [4.78, 5) is 12.3. The van der Waals surface area contributed by atoms with E-state index in [1.165, 1.54) is 15.6 Å². The van der Waals surface area contributed by atoms with Gasteiger partial charge in [0.15, 0.2) is 0 Å². The van der Waals surface area contributed by atoms with Crippen LogP contribution < -0.4 is 0 Å². The normalized spacial score (nSPS) is 29.1. The van der Waals surface area contributed by atoms with E-state index in [4.69, 9.17) is 0 Å². The van der Waals surface area contributed by atoms with Crippen molar-refractivity contribution in [3.8, 4) is 0 Å². The molecule has 0 saturated carbocycles. The van der Waals surface area contributed by atoms with Gasteiger partial charge in [-0.05, 0) is 36.8 Å². The van der Waals surface area contributed by atoms with Gasteiger partial charge in [-0.15, -0.1) is 11.3 Å². The van der Waals surface area contributed by atoms with Crippen LogP contribution in [0.3, 0.4) is 0 Å². The Morgan fingerprint density at radius 2 is 2.00 bits per heavy atom. The van der Waals surface area contributed by atoms with Crippen molar-refractivity contribution in [2.75, 3.05) is 0 Å². The van der Waals surface area contributed by atoms with Crippen molar-refractivity contribution >= 4 is 27.3 Å². The summed E-state index contributed by atoms with van der Waals surface area (Å²) in [6.07, 6.45) is 1.86.